The van der Waals surface area contributed by atoms with Crippen LogP contribution < -0.4 is 10.2 Å². The summed E-state index contributed by atoms with van der Waals surface area (Å²) in [4.78, 5) is 4.59. The van der Waals surface area contributed by atoms with Crippen LogP contribution in [0, 0.1) is 0 Å². The summed E-state index contributed by atoms with van der Waals surface area (Å²) in [7, 11) is 0. The van der Waals surface area contributed by atoms with E-state index in [0.717, 1.165) is 46.4 Å². The number of anilines is 1. The van der Waals surface area contributed by atoms with Crippen molar-refractivity contribution in [2.75, 3.05) is 12.0 Å². The molecule has 0 aliphatic rings. The Labute approximate surface area is 164 Å². The molecular formula is C22H25N3OS. The fourth-order valence-corrected chi connectivity index (χ4v) is 3.26. The molecule has 140 valence electrons. The van der Waals surface area contributed by atoms with Crippen molar-refractivity contribution in [3.05, 3.63) is 65.5 Å². The van der Waals surface area contributed by atoms with E-state index in [2.05, 4.69) is 34.6 Å². The van der Waals surface area contributed by atoms with Crippen molar-refractivity contribution in [1.29, 1.82) is 0 Å². The minimum atomic E-state index is 0.773. The topological polar surface area (TPSA) is 46.5 Å². The highest BCUT2D eigenvalue weighted by Gasteiger charge is 2.04. The first kappa shape index (κ1) is 19.1. The molecule has 0 saturated heterocycles. The van der Waals surface area contributed by atoms with Crippen LogP contribution in [0.2, 0.25) is 0 Å². The van der Waals surface area contributed by atoms with Crippen molar-refractivity contribution < 1.29 is 4.74 Å². The number of benzene rings is 2. The maximum absolute atomic E-state index is 5.75. The first-order valence-corrected chi connectivity index (χ1v) is 10.2. The van der Waals surface area contributed by atoms with E-state index in [-0.39, 0.29) is 0 Å². The van der Waals surface area contributed by atoms with Crippen LogP contribution in [-0.2, 0) is 0 Å². The van der Waals surface area contributed by atoms with Gasteiger partial charge in [0.25, 0.3) is 0 Å². The summed E-state index contributed by atoms with van der Waals surface area (Å²) in [5, 5.41) is 7.28. The number of rotatable bonds is 9. The average Bonchev–Trinajstić information content (AvgIpc) is 3.20. The lowest BCUT2D eigenvalue weighted by atomic mass is 10.1. The van der Waals surface area contributed by atoms with Gasteiger partial charge in [-0.15, -0.1) is 11.3 Å². The van der Waals surface area contributed by atoms with Gasteiger partial charge in [0.1, 0.15) is 5.75 Å². The second-order valence-electron chi connectivity index (χ2n) is 6.29. The van der Waals surface area contributed by atoms with Gasteiger partial charge in [0.15, 0.2) is 0 Å². The summed E-state index contributed by atoms with van der Waals surface area (Å²) >= 11 is 1.55. The first-order valence-electron chi connectivity index (χ1n) is 9.30. The summed E-state index contributed by atoms with van der Waals surface area (Å²) in [5.41, 5.74) is 7.09. The quantitative estimate of drug-likeness (QED) is 0.273. The minimum absolute atomic E-state index is 0.773. The molecule has 3 aromatic rings. The van der Waals surface area contributed by atoms with Crippen molar-refractivity contribution in [2.45, 2.75) is 33.1 Å². The molecule has 0 amide bonds. The van der Waals surface area contributed by atoms with Gasteiger partial charge >= 0.3 is 0 Å². The standard InChI is InChI=1S/C22H25N3OS/c1-3-4-8-15-26-20-13-11-18(12-14-20)17(2)24-25-22-23-21(16-27-22)19-9-6-5-7-10-19/h5-7,9-14,16H,3-4,8,15H2,1-2H3,(H,23,25)/b24-17+. The lowest BCUT2D eigenvalue weighted by Crippen LogP contribution is -2.01. The zero-order valence-electron chi connectivity index (χ0n) is 15.8. The van der Waals surface area contributed by atoms with Crippen LogP contribution in [0.1, 0.15) is 38.7 Å². The van der Waals surface area contributed by atoms with E-state index in [4.69, 9.17) is 4.74 Å². The van der Waals surface area contributed by atoms with Crippen molar-refractivity contribution in [3.63, 3.8) is 0 Å². The molecule has 0 atom stereocenters. The third kappa shape index (κ3) is 5.66. The van der Waals surface area contributed by atoms with Gasteiger partial charge in [0, 0.05) is 10.9 Å². The molecule has 0 aliphatic heterocycles. The van der Waals surface area contributed by atoms with Crippen LogP contribution in [0.4, 0.5) is 5.13 Å². The van der Waals surface area contributed by atoms with Crippen LogP contribution >= 0.6 is 11.3 Å². The molecule has 2 aromatic carbocycles. The average molecular weight is 380 g/mol. The molecule has 0 bridgehead atoms. The second kappa shape index (κ2) is 9.88. The molecule has 1 heterocycles. The van der Waals surface area contributed by atoms with Crippen LogP contribution in [0.5, 0.6) is 5.75 Å². The number of aromatic nitrogens is 1. The van der Waals surface area contributed by atoms with Gasteiger partial charge in [-0.25, -0.2) is 4.98 Å². The maximum Gasteiger partial charge on any atom is 0.203 e. The Morgan fingerprint density at radius 3 is 2.59 bits per heavy atom. The number of ether oxygens (including phenoxy) is 1. The Kier molecular flexibility index (Phi) is 6.99. The highest BCUT2D eigenvalue weighted by atomic mass is 32.1. The van der Waals surface area contributed by atoms with Gasteiger partial charge in [-0.05, 0) is 43.2 Å². The van der Waals surface area contributed by atoms with Crippen molar-refractivity contribution in [3.8, 4) is 17.0 Å². The Morgan fingerprint density at radius 2 is 1.85 bits per heavy atom. The van der Waals surface area contributed by atoms with E-state index in [9.17, 15) is 0 Å². The zero-order valence-corrected chi connectivity index (χ0v) is 16.6. The van der Waals surface area contributed by atoms with Crippen molar-refractivity contribution >= 4 is 22.2 Å². The fraction of sp³-hybridized carbons (Fsp3) is 0.273. The Bertz CT molecular complexity index is 857. The first-order chi connectivity index (χ1) is 13.3. The molecular weight excluding hydrogens is 354 g/mol. The SMILES string of the molecule is CCCCCOc1ccc(/C(C)=N/Nc2nc(-c3ccccc3)cs2)cc1. The van der Waals surface area contributed by atoms with Crippen molar-refractivity contribution in [1.82, 2.24) is 4.98 Å². The summed E-state index contributed by atoms with van der Waals surface area (Å²) in [5.74, 6) is 0.906. The number of unbranched alkanes of at least 4 members (excludes halogenated alkanes) is 2. The van der Waals surface area contributed by atoms with Gasteiger partial charge in [-0.1, -0.05) is 50.1 Å². The predicted molar refractivity (Wildman–Crippen MR) is 115 cm³/mol. The molecule has 0 aliphatic carbocycles. The summed E-state index contributed by atoms with van der Waals surface area (Å²) < 4.78 is 5.75. The number of nitrogens with zero attached hydrogens (tertiary/aromatic N) is 2. The van der Waals surface area contributed by atoms with E-state index in [1.807, 2.05) is 54.8 Å². The predicted octanol–water partition coefficient (Wildman–Crippen LogP) is 6.22. The smallest absolute Gasteiger partial charge is 0.203 e. The number of hydrogen-bond acceptors (Lipinski definition) is 5. The lowest BCUT2D eigenvalue weighted by molar-refractivity contribution is 0.306. The number of thiazole rings is 1. The van der Waals surface area contributed by atoms with Gasteiger partial charge in [-0.2, -0.15) is 5.10 Å². The Morgan fingerprint density at radius 1 is 1.07 bits per heavy atom. The molecule has 27 heavy (non-hydrogen) atoms. The lowest BCUT2D eigenvalue weighted by Gasteiger charge is -2.07. The number of hydrogen-bond donors (Lipinski definition) is 1. The van der Waals surface area contributed by atoms with E-state index in [0.29, 0.717) is 0 Å². The number of nitrogens with one attached hydrogen (secondary N) is 1. The Balaban J connectivity index is 1.57. The third-order valence-corrected chi connectivity index (χ3v) is 4.93. The van der Waals surface area contributed by atoms with E-state index in [1.54, 1.807) is 11.3 Å². The maximum atomic E-state index is 5.75. The van der Waals surface area contributed by atoms with Gasteiger partial charge in [0.05, 0.1) is 18.0 Å². The summed E-state index contributed by atoms with van der Waals surface area (Å²) in [6, 6.07) is 18.2. The monoisotopic (exact) mass is 379 g/mol. The van der Waals surface area contributed by atoms with Gasteiger partial charge in [-0.3, -0.25) is 5.43 Å². The second-order valence-corrected chi connectivity index (χ2v) is 7.15. The molecule has 0 saturated carbocycles. The van der Waals surface area contributed by atoms with Crippen LogP contribution in [-0.4, -0.2) is 17.3 Å². The van der Waals surface area contributed by atoms with Crippen molar-refractivity contribution in [2.24, 2.45) is 5.10 Å². The summed E-state index contributed by atoms with van der Waals surface area (Å²) in [6.07, 6.45) is 3.51. The van der Waals surface area contributed by atoms with E-state index < -0.39 is 0 Å². The molecule has 1 N–H and O–H groups in total. The van der Waals surface area contributed by atoms with Crippen LogP contribution in [0.15, 0.2) is 65.1 Å². The zero-order chi connectivity index (χ0) is 18.9. The molecule has 4 nitrogen and oxygen atoms in total. The molecule has 1 aromatic heterocycles. The van der Waals surface area contributed by atoms with E-state index in [1.165, 1.54) is 12.8 Å². The largest absolute Gasteiger partial charge is 0.494 e. The highest BCUT2D eigenvalue weighted by molar-refractivity contribution is 7.14. The molecule has 0 fully saturated rings. The summed E-state index contributed by atoms with van der Waals surface area (Å²) in [6.45, 7) is 4.95. The Hall–Kier alpha value is -2.66. The van der Waals surface area contributed by atoms with Crippen LogP contribution in [0.25, 0.3) is 11.3 Å². The van der Waals surface area contributed by atoms with Gasteiger partial charge in [0.2, 0.25) is 5.13 Å². The highest BCUT2D eigenvalue weighted by Crippen LogP contribution is 2.24. The van der Waals surface area contributed by atoms with E-state index >= 15 is 0 Å². The third-order valence-electron chi connectivity index (χ3n) is 4.18. The molecule has 3 rings (SSSR count). The molecule has 0 spiro atoms. The minimum Gasteiger partial charge on any atom is -0.494 e. The molecule has 5 heteroatoms. The molecule has 0 radical (unpaired) electrons. The normalized spacial score (nSPS) is 11.4. The number of hydrazone groups is 1. The van der Waals surface area contributed by atoms with Crippen LogP contribution in [0.3, 0.4) is 0 Å². The molecule has 0 unspecified atom stereocenters. The fourth-order valence-electron chi connectivity index (χ4n) is 2.60. The van der Waals surface area contributed by atoms with Gasteiger partial charge < -0.3 is 4.74 Å².